The van der Waals surface area contributed by atoms with Gasteiger partial charge in [0.15, 0.2) is 0 Å². The first-order chi connectivity index (χ1) is 10.6. The molecule has 1 saturated heterocycles. The van der Waals surface area contributed by atoms with Crippen molar-refractivity contribution in [2.24, 2.45) is 5.92 Å². The van der Waals surface area contributed by atoms with E-state index in [0.29, 0.717) is 18.5 Å². The molecule has 0 aromatic carbocycles. The molecule has 1 amide bonds. The Balaban J connectivity index is 1.83. The topological polar surface area (TPSA) is 54.5 Å². The Hall–Kier alpha value is -1.24. The van der Waals surface area contributed by atoms with Gasteiger partial charge in [-0.3, -0.25) is 9.69 Å². The number of hydrogen-bond acceptors (Lipinski definition) is 5. The maximum absolute atomic E-state index is 12.0. The van der Waals surface area contributed by atoms with E-state index in [-0.39, 0.29) is 5.91 Å². The largest absolute Gasteiger partial charge is 0.379 e. The number of thiazole rings is 1. The lowest BCUT2D eigenvalue weighted by atomic mass is 10.0. The predicted molar refractivity (Wildman–Crippen MR) is 89.9 cm³/mol. The molecule has 1 aromatic heterocycles. The molecular weight excluding hydrogens is 298 g/mol. The summed E-state index contributed by atoms with van der Waals surface area (Å²) in [5, 5.41) is 5.96. The van der Waals surface area contributed by atoms with Gasteiger partial charge in [-0.15, -0.1) is 11.3 Å². The van der Waals surface area contributed by atoms with Crippen LogP contribution in [0.1, 0.15) is 24.5 Å². The standard InChI is InChI=1S/C16H25N3O2S/c1-12(2)15(19-6-8-21-9-7-19)10-17-16(20)5-4-14-11-22-13(3)18-14/h4-5,11-12,15H,6-10H2,1-3H3,(H,17,20)/b5-4+. The fourth-order valence-corrected chi connectivity index (χ4v) is 3.16. The number of aryl methyl sites for hydroxylation is 1. The molecule has 0 bridgehead atoms. The molecule has 0 spiro atoms. The molecular formula is C16H25N3O2S. The van der Waals surface area contributed by atoms with Gasteiger partial charge in [-0.05, 0) is 18.9 Å². The lowest BCUT2D eigenvalue weighted by Crippen LogP contribution is -2.51. The molecule has 122 valence electrons. The van der Waals surface area contributed by atoms with Crippen LogP contribution in [-0.4, -0.2) is 54.7 Å². The van der Waals surface area contributed by atoms with E-state index in [9.17, 15) is 4.79 Å². The van der Waals surface area contributed by atoms with Crippen molar-refractivity contribution in [2.45, 2.75) is 26.8 Å². The zero-order chi connectivity index (χ0) is 15.9. The molecule has 1 unspecified atom stereocenters. The van der Waals surface area contributed by atoms with E-state index in [0.717, 1.165) is 37.0 Å². The molecule has 0 saturated carbocycles. The van der Waals surface area contributed by atoms with Crippen molar-refractivity contribution in [3.63, 3.8) is 0 Å². The van der Waals surface area contributed by atoms with Crippen LogP contribution in [0.25, 0.3) is 6.08 Å². The number of amides is 1. The van der Waals surface area contributed by atoms with Crippen LogP contribution in [0.3, 0.4) is 0 Å². The van der Waals surface area contributed by atoms with Gasteiger partial charge in [-0.25, -0.2) is 4.98 Å². The van der Waals surface area contributed by atoms with E-state index >= 15 is 0 Å². The SMILES string of the molecule is Cc1nc(/C=C/C(=O)NCC(C(C)C)N2CCOCC2)cs1. The van der Waals surface area contributed by atoms with Gasteiger partial charge in [0.25, 0.3) is 0 Å². The summed E-state index contributed by atoms with van der Waals surface area (Å²) in [5.41, 5.74) is 0.839. The van der Waals surface area contributed by atoms with Crippen molar-refractivity contribution >= 4 is 23.3 Å². The Morgan fingerprint density at radius 3 is 2.82 bits per heavy atom. The van der Waals surface area contributed by atoms with Gasteiger partial charge in [-0.1, -0.05) is 13.8 Å². The first kappa shape index (κ1) is 17.1. The molecule has 0 aliphatic carbocycles. The van der Waals surface area contributed by atoms with Crippen molar-refractivity contribution in [2.75, 3.05) is 32.8 Å². The summed E-state index contributed by atoms with van der Waals surface area (Å²) in [7, 11) is 0. The van der Waals surface area contributed by atoms with Crippen molar-refractivity contribution < 1.29 is 9.53 Å². The summed E-state index contributed by atoms with van der Waals surface area (Å²) in [5.74, 6) is 0.424. The molecule has 1 fully saturated rings. The number of carbonyl (C=O) groups excluding carboxylic acids is 1. The van der Waals surface area contributed by atoms with Crippen LogP contribution in [0.4, 0.5) is 0 Å². The molecule has 22 heavy (non-hydrogen) atoms. The number of nitrogens with zero attached hydrogens (tertiary/aromatic N) is 2. The van der Waals surface area contributed by atoms with Crippen LogP contribution >= 0.6 is 11.3 Å². The fraction of sp³-hybridized carbons (Fsp3) is 0.625. The smallest absolute Gasteiger partial charge is 0.244 e. The number of hydrogen-bond donors (Lipinski definition) is 1. The Kier molecular flexibility index (Phi) is 6.54. The van der Waals surface area contributed by atoms with Crippen molar-refractivity contribution in [1.29, 1.82) is 0 Å². The molecule has 5 nitrogen and oxygen atoms in total. The van der Waals surface area contributed by atoms with Crippen LogP contribution in [0.5, 0.6) is 0 Å². The maximum Gasteiger partial charge on any atom is 0.244 e. The number of carbonyl (C=O) groups is 1. The highest BCUT2D eigenvalue weighted by Crippen LogP contribution is 2.12. The second-order valence-electron chi connectivity index (χ2n) is 5.83. The highest BCUT2D eigenvalue weighted by Gasteiger charge is 2.23. The monoisotopic (exact) mass is 323 g/mol. The third-order valence-electron chi connectivity index (χ3n) is 3.81. The summed E-state index contributed by atoms with van der Waals surface area (Å²) < 4.78 is 5.40. The maximum atomic E-state index is 12.0. The molecule has 1 aromatic rings. The van der Waals surface area contributed by atoms with Crippen LogP contribution in [-0.2, 0) is 9.53 Å². The molecule has 2 rings (SSSR count). The molecule has 2 heterocycles. The van der Waals surface area contributed by atoms with E-state index in [1.54, 1.807) is 23.5 Å². The van der Waals surface area contributed by atoms with Gasteiger partial charge in [0.2, 0.25) is 5.91 Å². The molecule has 1 atom stereocenters. The van der Waals surface area contributed by atoms with Crippen LogP contribution < -0.4 is 5.32 Å². The minimum atomic E-state index is -0.0652. The van der Waals surface area contributed by atoms with E-state index in [1.165, 1.54) is 0 Å². The normalized spacial score (nSPS) is 18.0. The molecule has 1 N–H and O–H groups in total. The van der Waals surface area contributed by atoms with Crippen LogP contribution in [0.2, 0.25) is 0 Å². The summed E-state index contributed by atoms with van der Waals surface area (Å²) in [6.45, 7) is 10.4. The van der Waals surface area contributed by atoms with Gasteiger partial charge >= 0.3 is 0 Å². The number of ether oxygens (including phenoxy) is 1. The summed E-state index contributed by atoms with van der Waals surface area (Å²) in [6.07, 6.45) is 3.32. The number of aromatic nitrogens is 1. The number of rotatable bonds is 6. The minimum absolute atomic E-state index is 0.0652. The zero-order valence-corrected chi connectivity index (χ0v) is 14.4. The van der Waals surface area contributed by atoms with Gasteiger partial charge < -0.3 is 10.1 Å². The van der Waals surface area contributed by atoms with E-state index in [4.69, 9.17) is 4.74 Å². The minimum Gasteiger partial charge on any atom is -0.379 e. The fourth-order valence-electron chi connectivity index (χ4n) is 2.58. The van der Waals surface area contributed by atoms with Crippen molar-refractivity contribution in [3.05, 3.63) is 22.2 Å². The average molecular weight is 323 g/mol. The molecule has 0 radical (unpaired) electrons. The predicted octanol–water partition coefficient (Wildman–Crippen LogP) is 1.94. The molecule has 1 aliphatic heterocycles. The van der Waals surface area contributed by atoms with Gasteiger partial charge in [0.05, 0.1) is 23.9 Å². The average Bonchev–Trinajstić information content (AvgIpc) is 2.92. The number of nitrogens with one attached hydrogen (secondary N) is 1. The summed E-state index contributed by atoms with van der Waals surface area (Å²) >= 11 is 1.58. The first-order valence-corrected chi connectivity index (χ1v) is 8.64. The second kappa shape index (κ2) is 8.41. The first-order valence-electron chi connectivity index (χ1n) is 7.76. The van der Waals surface area contributed by atoms with Crippen molar-refractivity contribution in [1.82, 2.24) is 15.2 Å². The lowest BCUT2D eigenvalue weighted by Gasteiger charge is -2.36. The van der Waals surface area contributed by atoms with E-state index < -0.39 is 0 Å². The quantitative estimate of drug-likeness (QED) is 0.813. The zero-order valence-electron chi connectivity index (χ0n) is 13.5. The highest BCUT2D eigenvalue weighted by molar-refractivity contribution is 7.09. The molecule has 1 aliphatic rings. The van der Waals surface area contributed by atoms with E-state index in [2.05, 4.69) is 29.0 Å². The van der Waals surface area contributed by atoms with Crippen LogP contribution in [0.15, 0.2) is 11.5 Å². The van der Waals surface area contributed by atoms with Crippen molar-refractivity contribution in [3.8, 4) is 0 Å². The summed E-state index contributed by atoms with van der Waals surface area (Å²) in [4.78, 5) is 18.7. The Morgan fingerprint density at radius 1 is 1.50 bits per heavy atom. The third-order valence-corrected chi connectivity index (χ3v) is 4.60. The third kappa shape index (κ3) is 5.19. The Labute approximate surface area is 136 Å². The van der Waals surface area contributed by atoms with Crippen LogP contribution in [0, 0.1) is 12.8 Å². The highest BCUT2D eigenvalue weighted by atomic mass is 32.1. The van der Waals surface area contributed by atoms with Gasteiger partial charge in [0, 0.05) is 37.1 Å². The lowest BCUT2D eigenvalue weighted by molar-refractivity contribution is -0.116. The Bertz CT molecular complexity index is 507. The van der Waals surface area contributed by atoms with Gasteiger partial charge in [-0.2, -0.15) is 0 Å². The van der Waals surface area contributed by atoms with E-state index in [1.807, 2.05) is 12.3 Å². The molecule has 6 heteroatoms. The Morgan fingerprint density at radius 2 is 2.23 bits per heavy atom. The second-order valence-corrected chi connectivity index (χ2v) is 6.89. The summed E-state index contributed by atoms with van der Waals surface area (Å²) in [6, 6.07) is 0.350. The van der Waals surface area contributed by atoms with Gasteiger partial charge in [0.1, 0.15) is 0 Å². The number of morpholine rings is 1.